The lowest BCUT2D eigenvalue weighted by Crippen LogP contribution is -2.16. The maximum atomic E-state index is 12.8. The van der Waals surface area contributed by atoms with Crippen molar-refractivity contribution in [1.29, 1.82) is 0 Å². The number of ether oxygens (including phenoxy) is 1. The normalized spacial score (nSPS) is 12.2. The summed E-state index contributed by atoms with van der Waals surface area (Å²) in [5.74, 6) is -0.760. The summed E-state index contributed by atoms with van der Waals surface area (Å²) in [6.45, 7) is 0. The van der Waals surface area contributed by atoms with Gasteiger partial charge in [0, 0.05) is 6.04 Å². The molecule has 0 bridgehead atoms. The molecule has 0 aliphatic rings. The van der Waals surface area contributed by atoms with E-state index in [2.05, 4.69) is 4.74 Å². The zero-order valence-electron chi connectivity index (χ0n) is 7.87. The number of hydrogen-bond donors (Lipinski definition) is 1. The predicted octanol–water partition coefficient (Wildman–Crippen LogP) is 1.39. The van der Waals surface area contributed by atoms with Crippen LogP contribution < -0.4 is 5.73 Å². The molecule has 0 amide bonds. The van der Waals surface area contributed by atoms with Crippen LogP contribution in [-0.4, -0.2) is 13.1 Å². The molecule has 4 heteroatoms. The van der Waals surface area contributed by atoms with Crippen molar-refractivity contribution in [1.82, 2.24) is 0 Å². The van der Waals surface area contributed by atoms with Crippen LogP contribution in [0.2, 0.25) is 0 Å². The molecule has 76 valence electrons. The number of methoxy groups -OCH3 is 1. The number of esters is 1. The van der Waals surface area contributed by atoms with E-state index in [1.54, 1.807) is 12.1 Å². The summed E-state index contributed by atoms with van der Waals surface area (Å²) < 4.78 is 17.2. The Morgan fingerprint density at radius 3 is 2.93 bits per heavy atom. The van der Waals surface area contributed by atoms with Crippen molar-refractivity contribution in [3.05, 3.63) is 35.6 Å². The third-order valence-corrected chi connectivity index (χ3v) is 1.89. The Kier molecular flexibility index (Phi) is 3.59. The Hall–Kier alpha value is -1.42. The molecule has 1 atom stereocenters. The van der Waals surface area contributed by atoms with Gasteiger partial charge in [0.05, 0.1) is 13.5 Å². The van der Waals surface area contributed by atoms with Gasteiger partial charge >= 0.3 is 5.97 Å². The minimum atomic E-state index is -0.516. The van der Waals surface area contributed by atoms with Crippen LogP contribution in [0.4, 0.5) is 4.39 Å². The second kappa shape index (κ2) is 4.72. The first-order valence-electron chi connectivity index (χ1n) is 4.21. The Labute approximate surface area is 81.7 Å². The Balaban J connectivity index is 2.69. The summed E-state index contributed by atoms with van der Waals surface area (Å²) in [6, 6.07) is 5.36. The molecule has 0 saturated heterocycles. The number of carbonyl (C=O) groups excluding carboxylic acids is 1. The molecular formula is C10H12FNO2. The van der Waals surface area contributed by atoms with E-state index < -0.39 is 12.0 Å². The Morgan fingerprint density at radius 2 is 2.36 bits per heavy atom. The van der Waals surface area contributed by atoms with Crippen molar-refractivity contribution in [2.24, 2.45) is 5.73 Å². The number of carbonyl (C=O) groups is 1. The highest BCUT2D eigenvalue weighted by atomic mass is 19.1. The van der Waals surface area contributed by atoms with Crippen LogP contribution in [0, 0.1) is 5.82 Å². The van der Waals surface area contributed by atoms with E-state index in [0.29, 0.717) is 5.56 Å². The molecule has 0 saturated carbocycles. The monoisotopic (exact) mass is 197 g/mol. The zero-order valence-corrected chi connectivity index (χ0v) is 7.87. The molecule has 0 spiro atoms. The van der Waals surface area contributed by atoms with Crippen molar-refractivity contribution in [2.45, 2.75) is 12.5 Å². The fourth-order valence-corrected chi connectivity index (χ4v) is 1.12. The van der Waals surface area contributed by atoms with Gasteiger partial charge in [-0.1, -0.05) is 12.1 Å². The second-order valence-corrected chi connectivity index (χ2v) is 2.94. The summed E-state index contributed by atoms with van der Waals surface area (Å²) in [5.41, 5.74) is 6.27. The number of halogens is 1. The molecule has 1 aromatic carbocycles. The summed E-state index contributed by atoms with van der Waals surface area (Å²) in [7, 11) is 1.29. The van der Waals surface area contributed by atoms with Crippen LogP contribution in [0.5, 0.6) is 0 Å². The average Bonchev–Trinajstić information content (AvgIpc) is 2.17. The minimum Gasteiger partial charge on any atom is -0.469 e. The van der Waals surface area contributed by atoms with Crippen LogP contribution in [0.1, 0.15) is 18.0 Å². The molecule has 2 N–H and O–H groups in total. The first-order valence-corrected chi connectivity index (χ1v) is 4.21. The summed E-state index contributed by atoms with van der Waals surface area (Å²) in [5, 5.41) is 0. The van der Waals surface area contributed by atoms with E-state index in [0.717, 1.165) is 0 Å². The van der Waals surface area contributed by atoms with E-state index in [1.165, 1.54) is 19.2 Å². The van der Waals surface area contributed by atoms with Crippen molar-refractivity contribution < 1.29 is 13.9 Å². The minimum absolute atomic E-state index is 0.0555. The second-order valence-electron chi connectivity index (χ2n) is 2.94. The highest BCUT2D eigenvalue weighted by Crippen LogP contribution is 2.15. The average molecular weight is 197 g/mol. The molecule has 0 heterocycles. The summed E-state index contributed by atoms with van der Waals surface area (Å²) in [6.07, 6.45) is 0.0555. The third-order valence-electron chi connectivity index (χ3n) is 1.89. The number of nitrogens with two attached hydrogens (primary N) is 1. The molecule has 3 nitrogen and oxygen atoms in total. The molecule has 0 fully saturated rings. The van der Waals surface area contributed by atoms with Crippen molar-refractivity contribution >= 4 is 5.97 Å². The molecule has 0 aliphatic heterocycles. The van der Waals surface area contributed by atoms with E-state index >= 15 is 0 Å². The molecule has 0 aliphatic carbocycles. The van der Waals surface area contributed by atoms with Gasteiger partial charge in [0.25, 0.3) is 0 Å². The van der Waals surface area contributed by atoms with Gasteiger partial charge in [0.15, 0.2) is 0 Å². The lowest BCUT2D eigenvalue weighted by molar-refractivity contribution is -0.141. The largest absolute Gasteiger partial charge is 0.469 e. The summed E-state index contributed by atoms with van der Waals surface area (Å²) >= 11 is 0. The molecule has 1 rings (SSSR count). The van der Waals surface area contributed by atoms with Crippen molar-refractivity contribution in [3.63, 3.8) is 0 Å². The molecule has 0 radical (unpaired) electrons. The maximum absolute atomic E-state index is 12.8. The van der Waals surface area contributed by atoms with Crippen molar-refractivity contribution in [2.75, 3.05) is 7.11 Å². The van der Waals surface area contributed by atoms with E-state index in [1.807, 2.05) is 0 Å². The first-order chi connectivity index (χ1) is 6.63. The van der Waals surface area contributed by atoms with E-state index in [9.17, 15) is 9.18 Å². The van der Waals surface area contributed by atoms with Gasteiger partial charge in [-0.05, 0) is 17.7 Å². The summed E-state index contributed by atoms with van der Waals surface area (Å²) in [4.78, 5) is 10.9. The number of rotatable bonds is 3. The van der Waals surface area contributed by atoms with Crippen LogP contribution in [0.3, 0.4) is 0 Å². The Morgan fingerprint density at radius 1 is 1.64 bits per heavy atom. The van der Waals surface area contributed by atoms with Crippen LogP contribution >= 0.6 is 0 Å². The molecule has 0 aromatic heterocycles. The van der Waals surface area contributed by atoms with Crippen molar-refractivity contribution in [3.8, 4) is 0 Å². The SMILES string of the molecule is COC(=O)C[C@H](N)c1cccc(F)c1. The molecule has 14 heavy (non-hydrogen) atoms. The molecular weight excluding hydrogens is 185 g/mol. The van der Waals surface area contributed by atoms with Gasteiger partial charge in [-0.25, -0.2) is 4.39 Å². The van der Waals surface area contributed by atoms with E-state index in [-0.39, 0.29) is 12.2 Å². The highest BCUT2D eigenvalue weighted by Gasteiger charge is 2.11. The van der Waals surface area contributed by atoms with Crippen LogP contribution in [0.25, 0.3) is 0 Å². The van der Waals surface area contributed by atoms with Gasteiger partial charge in [-0.3, -0.25) is 4.79 Å². The van der Waals surface area contributed by atoms with Gasteiger partial charge in [0.2, 0.25) is 0 Å². The first kappa shape index (κ1) is 10.7. The standard InChI is InChI=1S/C10H12FNO2/c1-14-10(13)6-9(12)7-3-2-4-8(11)5-7/h2-5,9H,6,12H2,1H3/t9-/m0/s1. The molecule has 1 aromatic rings. The van der Waals surface area contributed by atoms with E-state index in [4.69, 9.17) is 5.73 Å². The fourth-order valence-electron chi connectivity index (χ4n) is 1.12. The predicted molar refractivity (Wildman–Crippen MR) is 50.0 cm³/mol. The topological polar surface area (TPSA) is 52.3 Å². The van der Waals surface area contributed by atoms with Gasteiger partial charge in [0.1, 0.15) is 5.82 Å². The zero-order chi connectivity index (χ0) is 10.6. The molecule has 0 unspecified atom stereocenters. The smallest absolute Gasteiger partial charge is 0.307 e. The lowest BCUT2D eigenvalue weighted by atomic mass is 10.1. The van der Waals surface area contributed by atoms with Gasteiger partial charge in [-0.2, -0.15) is 0 Å². The van der Waals surface area contributed by atoms with Crippen LogP contribution in [-0.2, 0) is 9.53 Å². The maximum Gasteiger partial charge on any atom is 0.307 e. The highest BCUT2D eigenvalue weighted by molar-refractivity contribution is 5.70. The quantitative estimate of drug-likeness (QED) is 0.745. The number of hydrogen-bond acceptors (Lipinski definition) is 3. The fraction of sp³-hybridized carbons (Fsp3) is 0.300. The van der Waals surface area contributed by atoms with Gasteiger partial charge in [-0.15, -0.1) is 0 Å². The third kappa shape index (κ3) is 2.81. The Bertz CT molecular complexity index is 328. The van der Waals surface area contributed by atoms with Gasteiger partial charge < -0.3 is 10.5 Å². The van der Waals surface area contributed by atoms with Crippen LogP contribution in [0.15, 0.2) is 24.3 Å². The number of benzene rings is 1. The lowest BCUT2D eigenvalue weighted by Gasteiger charge is -2.10.